The van der Waals surface area contributed by atoms with Gasteiger partial charge in [-0.25, -0.2) is 9.97 Å². The first-order valence-corrected chi connectivity index (χ1v) is 5.45. The highest BCUT2D eigenvalue weighted by atomic mass is 32.2. The van der Waals surface area contributed by atoms with Crippen LogP contribution in [0.4, 0.5) is 0 Å². The lowest BCUT2D eigenvalue weighted by Gasteiger charge is -2.03. The van der Waals surface area contributed by atoms with Crippen LogP contribution in [0.25, 0.3) is 10.9 Å². The Balaban J connectivity index is 2.38. The number of hydrogen-bond donors (Lipinski definition) is 1. The van der Waals surface area contributed by atoms with E-state index in [1.165, 1.54) is 18.1 Å². The number of rotatable bonds is 3. The maximum absolute atomic E-state index is 9.03. The lowest BCUT2D eigenvalue weighted by atomic mass is 10.2. The van der Waals surface area contributed by atoms with Gasteiger partial charge in [0, 0.05) is 5.39 Å². The summed E-state index contributed by atoms with van der Waals surface area (Å²) in [5.41, 5.74) is 0.915. The molecular weight excluding hydrogens is 208 g/mol. The van der Waals surface area contributed by atoms with Gasteiger partial charge in [-0.1, -0.05) is 36.5 Å². The second kappa shape index (κ2) is 4.31. The van der Waals surface area contributed by atoms with Crippen molar-refractivity contribution < 1.29 is 5.11 Å². The summed E-state index contributed by atoms with van der Waals surface area (Å²) in [7, 11) is 0. The fraction of sp³-hybridized carbons (Fsp3) is 0.0909. The lowest BCUT2D eigenvalue weighted by Crippen LogP contribution is -1.89. The summed E-state index contributed by atoms with van der Waals surface area (Å²) in [5.74, 6) is 0.615. The van der Waals surface area contributed by atoms with Crippen molar-refractivity contribution in [2.45, 2.75) is 5.03 Å². The zero-order valence-electron chi connectivity index (χ0n) is 8.05. The van der Waals surface area contributed by atoms with Crippen molar-refractivity contribution in [2.24, 2.45) is 0 Å². The standard InChI is InChI=1S/C11H10N2OS/c1-8(14)6-15-11-9-4-2-3-5-10(9)12-7-13-11/h2-5,7,14H,1,6H2. The van der Waals surface area contributed by atoms with Crippen molar-refractivity contribution >= 4 is 22.7 Å². The molecule has 0 fully saturated rings. The van der Waals surface area contributed by atoms with Crippen LogP contribution in [-0.4, -0.2) is 20.8 Å². The number of para-hydroxylation sites is 1. The Morgan fingerprint density at radius 2 is 2.13 bits per heavy atom. The van der Waals surface area contributed by atoms with Crippen LogP contribution in [0, 0.1) is 0 Å². The lowest BCUT2D eigenvalue weighted by molar-refractivity contribution is 0.420. The molecule has 0 saturated carbocycles. The number of benzene rings is 1. The number of fused-ring (bicyclic) bond motifs is 1. The van der Waals surface area contributed by atoms with Gasteiger partial charge >= 0.3 is 0 Å². The normalized spacial score (nSPS) is 10.4. The molecule has 4 heteroatoms. The van der Waals surface area contributed by atoms with Crippen LogP contribution in [0.2, 0.25) is 0 Å². The highest BCUT2D eigenvalue weighted by Crippen LogP contribution is 2.24. The average Bonchev–Trinajstić information content (AvgIpc) is 2.26. The first-order chi connectivity index (χ1) is 7.27. The first kappa shape index (κ1) is 9.98. The molecular formula is C11H10N2OS. The Hall–Kier alpha value is -1.55. The Morgan fingerprint density at radius 3 is 2.93 bits per heavy atom. The van der Waals surface area contributed by atoms with Crippen molar-refractivity contribution in [3.63, 3.8) is 0 Å². The molecule has 0 aliphatic heterocycles. The molecule has 1 N–H and O–H groups in total. The van der Waals surface area contributed by atoms with Crippen LogP contribution >= 0.6 is 11.8 Å². The third-order valence-corrected chi connectivity index (χ3v) is 2.96. The average molecular weight is 218 g/mol. The van der Waals surface area contributed by atoms with Gasteiger partial charge in [0.05, 0.1) is 17.0 Å². The quantitative estimate of drug-likeness (QED) is 0.489. The molecule has 1 heterocycles. The zero-order valence-corrected chi connectivity index (χ0v) is 8.87. The molecule has 0 amide bonds. The highest BCUT2D eigenvalue weighted by Gasteiger charge is 2.03. The Labute approximate surface area is 91.9 Å². The first-order valence-electron chi connectivity index (χ1n) is 4.46. The SMILES string of the molecule is C=C(O)CSc1ncnc2ccccc12. The molecule has 0 spiro atoms. The van der Waals surface area contributed by atoms with E-state index in [1.807, 2.05) is 24.3 Å². The summed E-state index contributed by atoms with van der Waals surface area (Å²) in [5, 5.41) is 10.9. The summed E-state index contributed by atoms with van der Waals surface area (Å²) < 4.78 is 0. The van der Waals surface area contributed by atoms with Gasteiger partial charge < -0.3 is 5.11 Å². The van der Waals surface area contributed by atoms with Crippen LogP contribution in [0.3, 0.4) is 0 Å². The summed E-state index contributed by atoms with van der Waals surface area (Å²) in [6, 6.07) is 7.80. The van der Waals surface area contributed by atoms with E-state index in [0.717, 1.165) is 15.9 Å². The molecule has 0 bridgehead atoms. The molecule has 2 aromatic rings. The van der Waals surface area contributed by atoms with Gasteiger partial charge in [-0.05, 0) is 6.07 Å². The van der Waals surface area contributed by atoms with Crippen molar-refractivity contribution in [1.29, 1.82) is 0 Å². The minimum Gasteiger partial charge on any atom is -0.512 e. The monoisotopic (exact) mass is 218 g/mol. The summed E-state index contributed by atoms with van der Waals surface area (Å²) in [4.78, 5) is 8.34. The molecule has 15 heavy (non-hydrogen) atoms. The van der Waals surface area contributed by atoms with E-state index >= 15 is 0 Å². The second-order valence-electron chi connectivity index (χ2n) is 3.05. The van der Waals surface area contributed by atoms with Gasteiger partial charge in [0.25, 0.3) is 0 Å². The molecule has 3 nitrogen and oxygen atoms in total. The van der Waals surface area contributed by atoms with Crippen LogP contribution in [0.5, 0.6) is 0 Å². The molecule has 0 aliphatic rings. The zero-order chi connectivity index (χ0) is 10.7. The molecule has 1 aromatic heterocycles. The fourth-order valence-electron chi connectivity index (χ4n) is 1.25. The molecule has 1 aromatic carbocycles. The Kier molecular flexibility index (Phi) is 2.87. The second-order valence-corrected chi connectivity index (χ2v) is 4.01. The van der Waals surface area contributed by atoms with E-state index in [4.69, 9.17) is 5.11 Å². The van der Waals surface area contributed by atoms with Crippen molar-refractivity contribution in [3.05, 3.63) is 42.9 Å². The third-order valence-electron chi connectivity index (χ3n) is 1.88. The summed E-state index contributed by atoms with van der Waals surface area (Å²) in [6.07, 6.45) is 1.53. The maximum atomic E-state index is 9.03. The fourth-order valence-corrected chi connectivity index (χ4v) is 2.00. The Morgan fingerprint density at radius 1 is 1.33 bits per heavy atom. The Bertz CT molecular complexity index is 493. The molecule has 2 rings (SSSR count). The van der Waals surface area contributed by atoms with Gasteiger partial charge in [0.15, 0.2) is 0 Å². The summed E-state index contributed by atoms with van der Waals surface area (Å²) >= 11 is 1.46. The third kappa shape index (κ3) is 2.27. The number of nitrogens with zero attached hydrogens (tertiary/aromatic N) is 2. The van der Waals surface area contributed by atoms with Gasteiger partial charge in [0.1, 0.15) is 11.4 Å². The van der Waals surface area contributed by atoms with Crippen LogP contribution in [-0.2, 0) is 0 Å². The van der Waals surface area contributed by atoms with Gasteiger partial charge in [-0.3, -0.25) is 0 Å². The van der Waals surface area contributed by atoms with Gasteiger partial charge in [0.2, 0.25) is 0 Å². The maximum Gasteiger partial charge on any atom is 0.117 e. The summed E-state index contributed by atoms with van der Waals surface area (Å²) in [6.45, 7) is 3.44. The minimum absolute atomic E-state index is 0.155. The van der Waals surface area contributed by atoms with Gasteiger partial charge in [-0.2, -0.15) is 0 Å². The molecule has 76 valence electrons. The molecule has 0 aliphatic carbocycles. The van der Waals surface area contributed by atoms with E-state index in [1.54, 1.807) is 0 Å². The van der Waals surface area contributed by atoms with Crippen LogP contribution in [0.1, 0.15) is 0 Å². The predicted molar refractivity (Wildman–Crippen MR) is 62.0 cm³/mol. The number of thioether (sulfide) groups is 1. The number of aliphatic hydroxyl groups excluding tert-OH is 1. The molecule has 0 unspecified atom stereocenters. The molecule has 0 radical (unpaired) electrons. The van der Waals surface area contributed by atoms with E-state index in [-0.39, 0.29) is 5.76 Å². The van der Waals surface area contributed by atoms with E-state index < -0.39 is 0 Å². The van der Waals surface area contributed by atoms with Crippen molar-refractivity contribution in [1.82, 2.24) is 9.97 Å². The van der Waals surface area contributed by atoms with Crippen molar-refractivity contribution in [3.8, 4) is 0 Å². The number of aromatic nitrogens is 2. The van der Waals surface area contributed by atoms with E-state index in [0.29, 0.717) is 5.75 Å². The van der Waals surface area contributed by atoms with Gasteiger partial charge in [-0.15, -0.1) is 0 Å². The van der Waals surface area contributed by atoms with Crippen molar-refractivity contribution in [2.75, 3.05) is 5.75 Å². The number of aliphatic hydroxyl groups is 1. The minimum atomic E-state index is 0.155. The van der Waals surface area contributed by atoms with E-state index in [9.17, 15) is 0 Å². The highest BCUT2D eigenvalue weighted by molar-refractivity contribution is 7.99. The number of hydrogen-bond acceptors (Lipinski definition) is 4. The van der Waals surface area contributed by atoms with E-state index in [2.05, 4.69) is 16.5 Å². The molecule has 0 saturated heterocycles. The van der Waals surface area contributed by atoms with Crippen LogP contribution in [0.15, 0.2) is 48.0 Å². The molecule has 0 atom stereocenters. The predicted octanol–water partition coefficient (Wildman–Crippen LogP) is 2.79. The smallest absolute Gasteiger partial charge is 0.117 e. The largest absolute Gasteiger partial charge is 0.512 e. The topological polar surface area (TPSA) is 46.0 Å². The van der Waals surface area contributed by atoms with Crippen LogP contribution < -0.4 is 0 Å².